The lowest BCUT2D eigenvalue weighted by molar-refractivity contribution is 0.316. The zero-order chi connectivity index (χ0) is 17.8. The topological polar surface area (TPSA) is 54.6 Å². The molecule has 1 N–H and O–H groups in total. The van der Waals surface area contributed by atoms with Gasteiger partial charge in [-0.25, -0.2) is 0 Å². The van der Waals surface area contributed by atoms with Gasteiger partial charge in [-0.2, -0.15) is 0 Å². The van der Waals surface area contributed by atoms with E-state index in [1.54, 1.807) is 19.3 Å². The summed E-state index contributed by atoms with van der Waals surface area (Å²) in [5.41, 5.74) is 2.64. The molecule has 4 nitrogen and oxygen atoms in total. The highest BCUT2D eigenvalue weighted by atomic mass is 79.9. The van der Waals surface area contributed by atoms with Crippen molar-refractivity contribution >= 4 is 21.6 Å². The largest absolute Gasteiger partial charge is 0.411 e. The predicted octanol–water partition coefficient (Wildman–Crippen LogP) is 4.69. The van der Waals surface area contributed by atoms with Crippen molar-refractivity contribution in [2.24, 2.45) is 18.1 Å². The van der Waals surface area contributed by atoms with Crippen LogP contribution in [-0.2, 0) is 7.05 Å². The Morgan fingerprint density at radius 1 is 1.24 bits per heavy atom. The number of benzene rings is 1. The number of rotatable bonds is 5. The maximum absolute atomic E-state index is 11.6. The molecule has 1 aromatic carbocycles. The second kappa shape index (κ2) is 8.00. The smallest absolute Gasteiger partial charge is 0.250 e. The van der Waals surface area contributed by atoms with Gasteiger partial charge in [0.15, 0.2) is 0 Å². The van der Waals surface area contributed by atoms with Crippen LogP contribution in [0.25, 0.3) is 0 Å². The van der Waals surface area contributed by atoms with Gasteiger partial charge in [0.25, 0.3) is 0 Å². The minimum Gasteiger partial charge on any atom is -0.411 e. The fraction of sp³-hybridized carbons (Fsp3) is 0.400. The molecule has 2 aromatic rings. The molecule has 25 heavy (non-hydrogen) atoms. The van der Waals surface area contributed by atoms with E-state index in [0.717, 1.165) is 10.0 Å². The number of aryl methyl sites for hydroxylation is 1. The highest BCUT2D eigenvalue weighted by molar-refractivity contribution is 9.10. The summed E-state index contributed by atoms with van der Waals surface area (Å²) in [6, 6.07) is 11.7. The molecular formula is C20H23BrN2O2. The van der Waals surface area contributed by atoms with E-state index in [-0.39, 0.29) is 5.56 Å². The van der Waals surface area contributed by atoms with Gasteiger partial charge in [-0.05, 0) is 48.4 Å². The van der Waals surface area contributed by atoms with Crippen LogP contribution in [0.3, 0.4) is 0 Å². The van der Waals surface area contributed by atoms with Crippen molar-refractivity contribution < 1.29 is 5.21 Å². The molecule has 1 aliphatic rings. The zero-order valence-corrected chi connectivity index (χ0v) is 15.9. The summed E-state index contributed by atoms with van der Waals surface area (Å²) in [7, 11) is 1.71. The molecule has 5 heteroatoms. The minimum absolute atomic E-state index is 0.0682. The van der Waals surface area contributed by atoms with Crippen LogP contribution in [0.1, 0.15) is 49.1 Å². The lowest BCUT2D eigenvalue weighted by Crippen LogP contribution is -2.19. The first kappa shape index (κ1) is 17.9. The number of halogens is 1. The van der Waals surface area contributed by atoms with Gasteiger partial charge in [-0.15, -0.1) is 0 Å². The Balaban J connectivity index is 1.91. The van der Waals surface area contributed by atoms with Crippen molar-refractivity contribution in [3.05, 3.63) is 68.5 Å². The van der Waals surface area contributed by atoms with Crippen molar-refractivity contribution in [1.82, 2.24) is 4.57 Å². The Labute approximate surface area is 156 Å². The van der Waals surface area contributed by atoms with E-state index in [0.29, 0.717) is 24.0 Å². The Kier molecular flexibility index (Phi) is 5.74. The summed E-state index contributed by atoms with van der Waals surface area (Å²) < 4.78 is 2.58. The number of hydrogen-bond donors (Lipinski definition) is 1. The predicted molar refractivity (Wildman–Crippen MR) is 103 cm³/mol. The fourth-order valence-electron chi connectivity index (χ4n) is 3.82. The maximum atomic E-state index is 11.6. The van der Waals surface area contributed by atoms with Crippen molar-refractivity contribution in [2.45, 2.75) is 38.0 Å². The first-order valence-electron chi connectivity index (χ1n) is 8.72. The third-order valence-corrected chi connectivity index (χ3v) is 5.75. The molecule has 1 aromatic heterocycles. The Hall–Kier alpha value is -1.88. The monoisotopic (exact) mass is 402 g/mol. The van der Waals surface area contributed by atoms with E-state index in [2.05, 4.69) is 45.4 Å². The lowest BCUT2D eigenvalue weighted by Gasteiger charge is -2.24. The van der Waals surface area contributed by atoms with Gasteiger partial charge in [-0.1, -0.05) is 46.1 Å². The van der Waals surface area contributed by atoms with Gasteiger partial charge in [0.2, 0.25) is 5.56 Å². The molecule has 0 aliphatic heterocycles. The van der Waals surface area contributed by atoms with Gasteiger partial charge < -0.3 is 9.77 Å². The number of hydrogen-bond acceptors (Lipinski definition) is 3. The normalized spacial score (nSPS) is 17.0. The van der Waals surface area contributed by atoms with E-state index < -0.39 is 0 Å². The summed E-state index contributed by atoms with van der Waals surface area (Å²) in [6.45, 7) is 0. The molecule has 0 bridgehead atoms. The molecule has 0 spiro atoms. The van der Waals surface area contributed by atoms with E-state index in [1.807, 2.05) is 0 Å². The molecule has 0 radical (unpaired) electrons. The van der Waals surface area contributed by atoms with Gasteiger partial charge in [0, 0.05) is 35.8 Å². The first-order chi connectivity index (χ1) is 12.1. The second-order valence-electron chi connectivity index (χ2n) is 6.82. The fourth-order valence-corrected chi connectivity index (χ4v) is 4.08. The molecule has 1 aliphatic carbocycles. The molecule has 0 amide bonds. The van der Waals surface area contributed by atoms with Crippen molar-refractivity contribution in [3.8, 4) is 0 Å². The molecule has 0 saturated heterocycles. The SMILES string of the molecule is Cn1cc(C(CC(c2ccc(Br)cc2)C2CCCC2)=NO)ccc1=O. The molecule has 1 unspecified atom stereocenters. The molecule has 1 atom stereocenters. The Morgan fingerprint density at radius 3 is 2.52 bits per heavy atom. The van der Waals surface area contributed by atoms with Crippen molar-refractivity contribution in [3.63, 3.8) is 0 Å². The average Bonchev–Trinajstić information content (AvgIpc) is 3.14. The summed E-state index contributed by atoms with van der Waals surface area (Å²) in [4.78, 5) is 11.6. The molecule has 1 fully saturated rings. The van der Waals surface area contributed by atoms with E-state index >= 15 is 0 Å². The van der Waals surface area contributed by atoms with Crippen molar-refractivity contribution in [1.29, 1.82) is 0 Å². The van der Waals surface area contributed by atoms with E-state index in [4.69, 9.17) is 0 Å². The third kappa shape index (κ3) is 4.21. The van der Waals surface area contributed by atoms with Crippen LogP contribution in [0.15, 0.2) is 57.0 Å². The van der Waals surface area contributed by atoms with Crippen LogP contribution in [0.4, 0.5) is 0 Å². The van der Waals surface area contributed by atoms with Crippen molar-refractivity contribution in [2.75, 3.05) is 0 Å². The maximum Gasteiger partial charge on any atom is 0.250 e. The number of oxime groups is 1. The molecular weight excluding hydrogens is 380 g/mol. The molecule has 132 valence electrons. The Bertz CT molecular complexity index is 805. The van der Waals surface area contributed by atoms with Crippen LogP contribution in [0, 0.1) is 5.92 Å². The van der Waals surface area contributed by atoms with E-state index in [9.17, 15) is 10.0 Å². The van der Waals surface area contributed by atoms with Crippen LogP contribution in [-0.4, -0.2) is 15.5 Å². The summed E-state index contributed by atoms with van der Waals surface area (Å²) in [5, 5.41) is 13.2. The molecule has 1 heterocycles. The van der Waals surface area contributed by atoms with Crippen LogP contribution < -0.4 is 5.56 Å². The van der Waals surface area contributed by atoms with Gasteiger partial charge in [0.05, 0.1) is 5.71 Å². The summed E-state index contributed by atoms with van der Waals surface area (Å²) in [5.74, 6) is 0.921. The third-order valence-electron chi connectivity index (χ3n) is 5.22. The lowest BCUT2D eigenvalue weighted by atomic mass is 9.80. The standard InChI is InChI=1S/C20H23BrN2O2/c1-23-13-16(8-11-20(23)24)19(22-25)12-18(14-4-2-3-5-14)15-6-9-17(21)10-7-15/h6-11,13-14,18,25H,2-5,12H2,1H3. The Morgan fingerprint density at radius 2 is 1.92 bits per heavy atom. The summed E-state index contributed by atoms with van der Waals surface area (Å²) in [6.07, 6.45) is 7.37. The highest BCUT2D eigenvalue weighted by Gasteiger charge is 2.28. The van der Waals surface area contributed by atoms with Crippen LogP contribution in [0.5, 0.6) is 0 Å². The average molecular weight is 403 g/mol. The van der Waals surface area contributed by atoms with Crippen LogP contribution in [0.2, 0.25) is 0 Å². The minimum atomic E-state index is -0.0682. The van der Waals surface area contributed by atoms with Gasteiger partial charge in [-0.3, -0.25) is 4.79 Å². The van der Waals surface area contributed by atoms with Crippen LogP contribution >= 0.6 is 15.9 Å². The first-order valence-corrected chi connectivity index (χ1v) is 9.51. The summed E-state index contributed by atoms with van der Waals surface area (Å²) >= 11 is 3.50. The highest BCUT2D eigenvalue weighted by Crippen LogP contribution is 2.40. The molecule has 1 saturated carbocycles. The number of pyridine rings is 1. The van der Waals surface area contributed by atoms with E-state index in [1.165, 1.54) is 41.9 Å². The van der Waals surface area contributed by atoms with Gasteiger partial charge in [0.1, 0.15) is 0 Å². The molecule has 3 rings (SSSR count). The number of nitrogens with zero attached hydrogens (tertiary/aromatic N) is 2. The quantitative estimate of drug-likeness (QED) is 0.447. The number of aromatic nitrogens is 1. The van der Waals surface area contributed by atoms with Gasteiger partial charge >= 0.3 is 0 Å². The second-order valence-corrected chi connectivity index (χ2v) is 7.74. The zero-order valence-electron chi connectivity index (χ0n) is 14.4.